The van der Waals surface area contributed by atoms with Gasteiger partial charge in [-0.2, -0.15) is 0 Å². The number of nitrogens with zero attached hydrogens (tertiary/aromatic N) is 3. The van der Waals surface area contributed by atoms with Gasteiger partial charge < -0.3 is 29.7 Å². The molecule has 62 heavy (non-hydrogen) atoms. The Morgan fingerprint density at radius 1 is 0.758 bits per heavy atom. The Morgan fingerprint density at radius 2 is 1.42 bits per heavy atom. The summed E-state index contributed by atoms with van der Waals surface area (Å²) in [5.41, 5.74) is 12.9. The number of hydrogen-bond donors (Lipinski definition) is 4. The van der Waals surface area contributed by atoms with Crippen molar-refractivity contribution in [2.75, 3.05) is 20.8 Å². The van der Waals surface area contributed by atoms with E-state index in [0.717, 1.165) is 114 Å². The highest BCUT2D eigenvalue weighted by Crippen LogP contribution is 2.43. The number of aromatic nitrogens is 3. The van der Waals surface area contributed by atoms with E-state index >= 15 is 0 Å². The van der Waals surface area contributed by atoms with E-state index in [-0.39, 0.29) is 41.7 Å². The molecule has 3 aromatic carbocycles. The lowest BCUT2D eigenvalue weighted by molar-refractivity contribution is -0.142. The number of imidazole rings is 1. The van der Waals surface area contributed by atoms with E-state index in [1.165, 1.54) is 30.4 Å². The van der Waals surface area contributed by atoms with Crippen LogP contribution in [-0.4, -0.2) is 81.7 Å². The van der Waals surface area contributed by atoms with E-state index in [0.29, 0.717) is 6.54 Å². The maximum atomic E-state index is 13.9. The van der Waals surface area contributed by atoms with Crippen molar-refractivity contribution in [1.82, 2.24) is 35.6 Å². The molecule has 326 valence electrons. The normalized spacial score (nSPS) is 19.1. The molecule has 1 saturated heterocycles. The molecule has 2 aliphatic carbocycles. The Labute approximate surface area is 363 Å². The van der Waals surface area contributed by atoms with Crippen molar-refractivity contribution in [2.24, 2.45) is 11.8 Å². The second-order valence-corrected chi connectivity index (χ2v) is 17.7. The van der Waals surface area contributed by atoms with Crippen LogP contribution < -0.4 is 10.7 Å². The number of rotatable bonds is 10. The second kappa shape index (κ2) is 18.1. The van der Waals surface area contributed by atoms with Crippen molar-refractivity contribution in [1.29, 1.82) is 0 Å². The lowest BCUT2D eigenvalue weighted by atomic mass is 9.78. The molecule has 8 rings (SSSR count). The molecule has 4 amide bonds. The van der Waals surface area contributed by atoms with E-state index in [2.05, 4.69) is 81.4 Å². The molecule has 4 N–H and O–H groups in total. The summed E-state index contributed by atoms with van der Waals surface area (Å²) in [6, 6.07) is 20.8. The van der Waals surface area contributed by atoms with Crippen LogP contribution in [0.15, 0.2) is 66.9 Å². The van der Waals surface area contributed by atoms with Crippen LogP contribution in [0.1, 0.15) is 107 Å². The van der Waals surface area contributed by atoms with Gasteiger partial charge in [-0.25, -0.2) is 25.0 Å². The zero-order valence-corrected chi connectivity index (χ0v) is 36.7. The number of fused-ring (bicyclic) bond motifs is 2. The number of carbonyl (C=O) groups is 4. The van der Waals surface area contributed by atoms with Gasteiger partial charge in [0.2, 0.25) is 11.8 Å². The van der Waals surface area contributed by atoms with Crippen molar-refractivity contribution < 1.29 is 28.7 Å². The summed E-state index contributed by atoms with van der Waals surface area (Å²) in [6.07, 6.45) is 8.99. The molecule has 0 radical (unpaired) electrons. The fourth-order valence-electron chi connectivity index (χ4n) is 9.95. The van der Waals surface area contributed by atoms with E-state index in [4.69, 9.17) is 14.5 Å². The Hall–Kier alpha value is -6.11. The van der Waals surface area contributed by atoms with Crippen LogP contribution >= 0.6 is 0 Å². The number of benzene rings is 3. The fraction of sp³-hybridized carbons (Fsp3) is 0.449. The molecule has 1 saturated carbocycles. The van der Waals surface area contributed by atoms with Crippen LogP contribution in [0.3, 0.4) is 0 Å². The highest BCUT2D eigenvalue weighted by molar-refractivity contribution is 5.91. The number of hydrazine groups is 1. The summed E-state index contributed by atoms with van der Waals surface area (Å²) in [7, 11) is 2.61. The molecule has 0 unspecified atom stereocenters. The predicted molar refractivity (Wildman–Crippen MR) is 239 cm³/mol. The maximum absolute atomic E-state index is 13.9. The van der Waals surface area contributed by atoms with E-state index in [1.807, 2.05) is 38.8 Å². The van der Waals surface area contributed by atoms with Crippen molar-refractivity contribution in [3.8, 4) is 33.6 Å². The standard InChI is InChI=1S/C49H59N7O6/c1-28(2)42(53-48(59)61-5)47(58)55-24-10-15-41(55)44-37-14-9-13-36(37)43(52-44)31-18-16-30(17-19-31)32-20-21-34-26-35(23-22-33(34)25-32)40-27-50-45(51-40)38-11-7-8-12-39(38)46(57)56(29(3)4)54-49(60)62-6/h16-23,25-29,38-39,41-42,52H,7-15,24H2,1-6H3,(H,50,51)(H,53,59)(H,54,60)/t38-,39+,41+,42+/m1/s1. The third-order valence-electron chi connectivity index (χ3n) is 13.2. The number of H-pyrrole nitrogens is 2. The Kier molecular flexibility index (Phi) is 12.4. The van der Waals surface area contributed by atoms with E-state index in [1.54, 1.807) is 0 Å². The summed E-state index contributed by atoms with van der Waals surface area (Å²) in [5.74, 6) is 0.125. The van der Waals surface area contributed by atoms with Crippen LogP contribution in [0.2, 0.25) is 0 Å². The molecule has 4 atom stereocenters. The second-order valence-electron chi connectivity index (χ2n) is 17.7. The number of hydrogen-bond acceptors (Lipinski definition) is 7. The first-order chi connectivity index (χ1) is 29.9. The van der Waals surface area contributed by atoms with Crippen LogP contribution in [-0.2, 0) is 31.9 Å². The smallest absolute Gasteiger partial charge is 0.425 e. The van der Waals surface area contributed by atoms with Crippen LogP contribution in [0.4, 0.5) is 9.59 Å². The minimum atomic E-state index is -0.663. The molecule has 1 aliphatic heterocycles. The molecular formula is C49H59N7O6. The molecular weight excluding hydrogens is 783 g/mol. The molecule has 13 heteroatoms. The number of aromatic amines is 2. The van der Waals surface area contributed by atoms with Gasteiger partial charge in [-0.3, -0.25) is 9.59 Å². The third-order valence-corrected chi connectivity index (χ3v) is 13.2. The van der Waals surface area contributed by atoms with Gasteiger partial charge in [0.1, 0.15) is 11.9 Å². The summed E-state index contributed by atoms with van der Waals surface area (Å²) < 4.78 is 9.62. The van der Waals surface area contributed by atoms with E-state index in [9.17, 15) is 19.2 Å². The quantitative estimate of drug-likeness (QED) is 0.102. The highest BCUT2D eigenvalue weighted by Gasteiger charge is 2.40. The van der Waals surface area contributed by atoms with Crippen LogP contribution in [0.5, 0.6) is 0 Å². The molecule has 13 nitrogen and oxygen atoms in total. The number of amides is 4. The SMILES string of the molecule is COC(=O)N[C@H](C(=O)N1CCC[C@H]1c1[nH]c(-c2ccc(-c3ccc4cc(-c5cnc([C@@H]6CCCC[C@@H]6C(=O)N(NC(=O)OC)C(C)C)[nH]5)ccc4c3)cc2)c2c1CCC2)C(C)C. The molecule has 0 spiro atoms. The molecule has 5 aromatic rings. The highest BCUT2D eigenvalue weighted by atomic mass is 16.5. The number of nitrogens with one attached hydrogen (secondary N) is 4. The average Bonchev–Trinajstić information content (AvgIpc) is 4.12. The summed E-state index contributed by atoms with van der Waals surface area (Å²) in [6.45, 7) is 8.29. The number of alkyl carbamates (subject to hydrolysis) is 1. The molecule has 0 bridgehead atoms. The van der Waals surface area contributed by atoms with Crippen molar-refractivity contribution in [3.05, 3.63) is 89.5 Å². The molecule has 2 fully saturated rings. The predicted octanol–water partition coefficient (Wildman–Crippen LogP) is 9.21. The average molecular weight is 842 g/mol. The maximum Gasteiger partial charge on any atom is 0.425 e. The lowest BCUT2D eigenvalue weighted by Gasteiger charge is -2.35. The number of ether oxygens (including phenoxy) is 2. The zero-order chi connectivity index (χ0) is 43.7. The number of carbonyl (C=O) groups excluding carboxylic acids is 4. The van der Waals surface area contributed by atoms with Gasteiger partial charge in [0.15, 0.2) is 0 Å². The monoisotopic (exact) mass is 841 g/mol. The lowest BCUT2D eigenvalue weighted by Crippen LogP contribution is -2.53. The largest absolute Gasteiger partial charge is 0.453 e. The molecule has 2 aromatic heterocycles. The summed E-state index contributed by atoms with van der Waals surface area (Å²) in [5, 5.41) is 6.41. The Bertz CT molecular complexity index is 2450. The number of likely N-dealkylation sites (tertiary alicyclic amines) is 1. The first kappa shape index (κ1) is 42.6. The first-order valence-electron chi connectivity index (χ1n) is 22.2. The fourth-order valence-corrected chi connectivity index (χ4v) is 9.95. The van der Waals surface area contributed by atoms with Gasteiger partial charge in [0, 0.05) is 41.4 Å². The first-order valence-corrected chi connectivity index (χ1v) is 22.2. The zero-order valence-electron chi connectivity index (χ0n) is 36.7. The van der Waals surface area contributed by atoms with Gasteiger partial charge in [0.05, 0.1) is 32.2 Å². The van der Waals surface area contributed by atoms with Gasteiger partial charge >= 0.3 is 12.2 Å². The van der Waals surface area contributed by atoms with Crippen molar-refractivity contribution in [2.45, 2.75) is 110 Å². The van der Waals surface area contributed by atoms with Gasteiger partial charge in [-0.05, 0) is 115 Å². The summed E-state index contributed by atoms with van der Waals surface area (Å²) >= 11 is 0. The summed E-state index contributed by atoms with van der Waals surface area (Å²) in [4.78, 5) is 66.0. The molecule has 3 aliphatic rings. The van der Waals surface area contributed by atoms with Crippen molar-refractivity contribution in [3.63, 3.8) is 0 Å². The van der Waals surface area contributed by atoms with Crippen molar-refractivity contribution >= 4 is 34.8 Å². The third kappa shape index (κ3) is 8.41. The minimum Gasteiger partial charge on any atom is -0.453 e. The molecule has 3 heterocycles. The van der Waals surface area contributed by atoms with E-state index < -0.39 is 18.2 Å². The van der Waals surface area contributed by atoms with Gasteiger partial charge in [0.25, 0.3) is 0 Å². The minimum absolute atomic E-state index is 0.0596. The van der Waals surface area contributed by atoms with Crippen LogP contribution in [0.25, 0.3) is 44.4 Å². The topological polar surface area (TPSA) is 162 Å². The van der Waals surface area contributed by atoms with Crippen LogP contribution in [0, 0.1) is 11.8 Å². The van der Waals surface area contributed by atoms with Gasteiger partial charge in [-0.15, -0.1) is 0 Å². The number of methoxy groups -OCH3 is 2. The Balaban J connectivity index is 0.985. The Morgan fingerprint density at radius 3 is 2.13 bits per heavy atom. The van der Waals surface area contributed by atoms with Gasteiger partial charge in [-0.1, -0.05) is 75.2 Å².